The maximum atomic E-state index is 9.96. The molecule has 0 bridgehead atoms. The lowest BCUT2D eigenvalue weighted by Crippen LogP contribution is -2.32. The number of nitrogens with zero attached hydrogens (tertiary/aromatic N) is 2. The summed E-state index contributed by atoms with van der Waals surface area (Å²) in [6.45, 7) is 1.49. The molecule has 1 aromatic carbocycles. The van der Waals surface area contributed by atoms with Crippen LogP contribution in [0.3, 0.4) is 0 Å². The van der Waals surface area contributed by atoms with Crippen LogP contribution in [0.15, 0.2) is 35.2 Å². The molecule has 3 N–H and O–H groups in total. The van der Waals surface area contributed by atoms with Crippen molar-refractivity contribution in [2.75, 3.05) is 25.9 Å². The fourth-order valence-corrected chi connectivity index (χ4v) is 2.42. The molecule has 0 aliphatic carbocycles. The van der Waals surface area contributed by atoms with E-state index in [-0.39, 0.29) is 6.61 Å². The Morgan fingerprint density at radius 1 is 1.50 bits per heavy atom. The Kier molecular flexibility index (Phi) is 5.34. The lowest BCUT2D eigenvalue weighted by Gasteiger charge is -2.20. The Hall–Kier alpha value is -1.63. The Balaban J connectivity index is 1.73. The second kappa shape index (κ2) is 7.23. The Morgan fingerprint density at radius 2 is 2.35 bits per heavy atom. The number of likely N-dealkylation sites (N-methyl/N-ethyl adjacent to an activating group) is 1. The van der Waals surface area contributed by atoms with E-state index in [0.29, 0.717) is 18.0 Å². The van der Waals surface area contributed by atoms with Gasteiger partial charge in [0.15, 0.2) is 0 Å². The van der Waals surface area contributed by atoms with Crippen LogP contribution in [0.1, 0.15) is 5.69 Å². The van der Waals surface area contributed by atoms with E-state index >= 15 is 0 Å². The Bertz CT molecular complexity index is 519. The third-order valence-electron chi connectivity index (χ3n) is 2.74. The van der Waals surface area contributed by atoms with Crippen molar-refractivity contribution >= 4 is 17.0 Å². The highest BCUT2D eigenvalue weighted by Gasteiger charge is 2.10. The predicted octanol–water partition coefficient (Wildman–Crippen LogP) is 1.60. The van der Waals surface area contributed by atoms with Crippen LogP contribution in [-0.2, 0) is 6.54 Å². The molecule has 0 aliphatic rings. The van der Waals surface area contributed by atoms with Crippen molar-refractivity contribution in [1.29, 1.82) is 0 Å². The molecular weight excluding hydrogens is 274 g/mol. The van der Waals surface area contributed by atoms with Gasteiger partial charge in [-0.3, -0.25) is 4.90 Å². The maximum absolute atomic E-state index is 9.96. The third-order valence-corrected chi connectivity index (χ3v) is 3.37. The van der Waals surface area contributed by atoms with Crippen LogP contribution in [0.2, 0.25) is 0 Å². The molecule has 2 rings (SSSR count). The van der Waals surface area contributed by atoms with Gasteiger partial charge < -0.3 is 15.6 Å². The number of benzene rings is 1. The van der Waals surface area contributed by atoms with Gasteiger partial charge in [0.05, 0.1) is 11.2 Å². The van der Waals surface area contributed by atoms with E-state index in [1.54, 1.807) is 23.5 Å². The highest BCUT2D eigenvalue weighted by molar-refractivity contribution is 7.07. The molecule has 0 fully saturated rings. The monoisotopic (exact) mass is 293 g/mol. The van der Waals surface area contributed by atoms with Crippen LogP contribution >= 0.6 is 11.3 Å². The molecule has 20 heavy (non-hydrogen) atoms. The first-order valence-electron chi connectivity index (χ1n) is 6.35. The number of nitrogens with two attached hydrogens (primary N) is 1. The zero-order chi connectivity index (χ0) is 14.4. The quantitative estimate of drug-likeness (QED) is 0.759. The fourth-order valence-electron chi connectivity index (χ4n) is 1.87. The topological polar surface area (TPSA) is 71.6 Å². The summed E-state index contributed by atoms with van der Waals surface area (Å²) < 4.78 is 5.51. The van der Waals surface area contributed by atoms with Crippen molar-refractivity contribution in [2.45, 2.75) is 12.6 Å². The molecule has 6 heteroatoms. The number of aliphatic hydroxyl groups is 1. The van der Waals surface area contributed by atoms with Gasteiger partial charge in [-0.25, -0.2) is 4.98 Å². The van der Waals surface area contributed by atoms with Crippen LogP contribution in [-0.4, -0.2) is 41.3 Å². The van der Waals surface area contributed by atoms with Crippen molar-refractivity contribution in [3.8, 4) is 5.75 Å². The summed E-state index contributed by atoms with van der Waals surface area (Å²) in [5.41, 5.74) is 9.14. The number of aliphatic hydroxyl groups excluding tert-OH is 1. The first-order valence-corrected chi connectivity index (χ1v) is 7.30. The second-order valence-electron chi connectivity index (χ2n) is 4.71. The van der Waals surface area contributed by atoms with Gasteiger partial charge in [0.25, 0.3) is 0 Å². The molecule has 108 valence electrons. The van der Waals surface area contributed by atoms with Gasteiger partial charge in [0, 0.05) is 30.2 Å². The van der Waals surface area contributed by atoms with Crippen molar-refractivity contribution in [1.82, 2.24) is 9.88 Å². The van der Waals surface area contributed by atoms with Crippen molar-refractivity contribution < 1.29 is 9.84 Å². The van der Waals surface area contributed by atoms with E-state index < -0.39 is 6.10 Å². The molecule has 1 heterocycles. The minimum atomic E-state index is -0.555. The summed E-state index contributed by atoms with van der Waals surface area (Å²) in [4.78, 5) is 6.23. The molecule has 0 amide bonds. The molecule has 0 aliphatic heterocycles. The molecular formula is C14H19N3O2S. The summed E-state index contributed by atoms with van der Waals surface area (Å²) in [6.07, 6.45) is -0.555. The van der Waals surface area contributed by atoms with Crippen molar-refractivity contribution in [2.24, 2.45) is 0 Å². The lowest BCUT2D eigenvalue weighted by molar-refractivity contribution is 0.0741. The molecule has 2 aromatic rings. The molecule has 0 radical (unpaired) electrons. The van der Waals surface area contributed by atoms with Crippen molar-refractivity contribution in [3.63, 3.8) is 0 Å². The Labute approximate surface area is 122 Å². The number of hydrogen-bond donors (Lipinski definition) is 2. The summed E-state index contributed by atoms with van der Waals surface area (Å²) in [5, 5.41) is 12.0. The maximum Gasteiger partial charge on any atom is 0.121 e. The summed E-state index contributed by atoms with van der Waals surface area (Å²) in [6, 6.07) is 7.18. The second-order valence-corrected chi connectivity index (χ2v) is 5.43. The van der Waals surface area contributed by atoms with E-state index in [1.165, 1.54) is 0 Å². The van der Waals surface area contributed by atoms with Crippen LogP contribution in [0.25, 0.3) is 0 Å². The van der Waals surface area contributed by atoms with E-state index in [9.17, 15) is 5.11 Å². The van der Waals surface area contributed by atoms with E-state index in [2.05, 4.69) is 4.98 Å². The molecule has 1 atom stereocenters. The zero-order valence-electron chi connectivity index (χ0n) is 11.4. The Morgan fingerprint density at radius 3 is 3.05 bits per heavy atom. The number of aromatic nitrogens is 1. The number of rotatable bonds is 7. The van der Waals surface area contributed by atoms with E-state index in [1.807, 2.05) is 35.0 Å². The molecule has 5 nitrogen and oxygen atoms in total. The van der Waals surface area contributed by atoms with Gasteiger partial charge in [-0.15, -0.1) is 11.3 Å². The van der Waals surface area contributed by atoms with Crippen LogP contribution in [0.5, 0.6) is 5.75 Å². The van der Waals surface area contributed by atoms with Gasteiger partial charge in [0.2, 0.25) is 0 Å². The molecule has 0 saturated heterocycles. The van der Waals surface area contributed by atoms with Crippen molar-refractivity contribution in [3.05, 3.63) is 40.8 Å². The van der Waals surface area contributed by atoms with Gasteiger partial charge in [-0.1, -0.05) is 6.07 Å². The first-order chi connectivity index (χ1) is 9.63. The van der Waals surface area contributed by atoms with Crippen LogP contribution < -0.4 is 10.5 Å². The van der Waals surface area contributed by atoms with Crippen LogP contribution in [0.4, 0.5) is 5.69 Å². The normalized spacial score (nSPS) is 12.6. The summed E-state index contributed by atoms with van der Waals surface area (Å²) in [7, 11) is 1.95. The highest BCUT2D eigenvalue weighted by atomic mass is 32.1. The average Bonchev–Trinajstić information content (AvgIpc) is 2.89. The largest absolute Gasteiger partial charge is 0.491 e. The number of hydrogen-bond acceptors (Lipinski definition) is 6. The third kappa shape index (κ3) is 4.80. The number of thiazole rings is 1. The number of nitrogen functional groups attached to an aromatic ring is 1. The molecule has 1 aromatic heterocycles. The van der Waals surface area contributed by atoms with E-state index in [4.69, 9.17) is 10.5 Å². The van der Waals surface area contributed by atoms with E-state index in [0.717, 1.165) is 12.2 Å². The van der Waals surface area contributed by atoms with Gasteiger partial charge >= 0.3 is 0 Å². The zero-order valence-corrected chi connectivity index (χ0v) is 12.2. The number of ether oxygens (including phenoxy) is 1. The predicted molar refractivity (Wildman–Crippen MR) is 80.8 cm³/mol. The summed E-state index contributed by atoms with van der Waals surface area (Å²) in [5.74, 6) is 0.672. The number of anilines is 1. The fraction of sp³-hybridized carbons (Fsp3) is 0.357. The molecule has 0 saturated carbocycles. The van der Waals surface area contributed by atoms with Gasteiger partial charge in [-0.2, -0.15) is 0 Å². The lowest BCUT2D eigenvalue weighted by atomic mass is 10.3. The highest BCUT2D eigenvalue weighted by Crippen LogP contribution is 2.14. The SMILES string of the molecule is CN(Cc1cscn1)CC(O)COc1cccc(N)c1. The van der Waals surface area contributed by atoms with Gasteiger partial charge in [0.1, 0.15) is 18.5 Å². The minimum Gasteiger partial charge on any atom is -0.491 e. The summed E-state index contributed by atoms with van der Waals surface area (Å²) >= 11 is 1.57. The average molecular weight is 293 g/mol. The smallest absolute Gasteiger partial charge is 0.121 e. The first kappa shape index (κ1) is 14.8. The minimum absolute atomic E-state index is 0.241. The molecule has 1 unspecified atom stereocenters. The van der Waals surface area contributed by atoms with Gasteiger partial charge in [-0.05, 0) is 19.2 Å². The standard InChI is InChI=1S/C14H19N3O2S/c1-17(6-12-9-20-10-16-12)7-13(18)8-19-14-4-2-3-11(15)5-14/h2-5,9-10,13,18H,6-8,15H2,1H3. The van der Waals surface area contributed by atoms with Crippen LogP contribution in [0, 0.1) is 0 Å². The molecule has 0 spiro atoms.